The zero-order valence-electron chi connectivity index (χ0n) is 72.3. The van der Waals surface area contributed by atoms with Gasteiger partial charge >= 0.3 is 0 Å². The molecule has 0 radical (unpaired) electrons. The quantitative estimate of drug-likeness (QED) is 0.142. The van der Waals surface area contributed by atoms with E-state index in [1.54, 1.807) is 0 Å². The number of anilines is 3. The Morgan fingerprint density at radius 1 is 0.261 bits per heavy atom. The molecule has 0 atom stereocenters. The van der Waals surface area contributed by atoms with E-state index >= 15 is 0 Å². The summed E-state index contributed by atoms with van der Waals surface area (Å²) >= 11 is 1.93. The Hall–Kier alpha value is -10.5. The lowest BCUT2D eigenvalue weighted by Gasteiger charge is -2.42. The van der Waals surface area contributed by atoms with Gasteiger partial charge in [0.15, 0.2) is 0 Å². The SMILES string of the molecule is CC(C)(C)c1ccc2c(c1)c1cc(C(C)(C)C)ccc1n2-c1ccc2c(c1)Sc1cc(-c3cc(-c4ccccc4)cc(-c4ccccc4)c3)cc3c1B2c1ccc(-n2c4ccc(C(C)(C)C)cc4c4cc(C(C)(C)C)ccc42)cc1N3c1c(-c2cc(C(C)(C)C)nc(C(C)(C)C)c2)cccc1-c1cc(C(C)(C)C)nc(C(C)(C)C)c1. The summed E-state index contributed by atoms with van der Waals surface area (Å²) in [6, 6.07) is 95.1. The van der Waals surface area contributed by atoms with Gasteiger partial charge in [-0.2, -0.15) is 0 Å². The molecule has 0 unspecified atom stereocenters. The number of benzene rings is 11. The summed E-state index contributed by atoms with van der Waals surface area (Å²) in [7, 11) is 0. The Morgan fingerprint density at radius 3 is 0.974 bits per heavy atom. The molecule has 0 N–H and O–H groups in total. The van der Waals surface area contributed by atoms with E-state index in [0.29, 0.717) is 0 Å². The van der Waals surface area contributed by atoms with Gasteiger partial charge in [-0.25, -0.2) is 0 Å². The van der Waals surface area contributed by atoms with Crippen LogP contribution in [0.3, 0.4) is 0 Å². The van der Waals surface area contributed by atoms with Gasteiger partial charge in [0.1, 0.15) is 0 Å². The van der Waals surface area contributed by atoms with Gasteiger partial charge in [0.05, 0.1) is 27.8 Å². The topological polar surface area (TPSA) is 38.9 Å². The number of rotatable bonds is 8. The predicted molar refractivity (Wildman–Crippen MR) is 497 cm³/mol. The van der Waals surface area contributed by atoms with Crippen molar-refractivity contribution in [2.24, 2.45) is 0 Å². The molecule has 15 aromatic rings. The fourth-order valence-electron chi connectivity index (χ4n) is 17.4. The molecule has 0 saturated carbocycles. The first-order chi connectivity index (χ1) is 54.0. The summed E-state index contributed by atoms with van der Waals surface area (Å²) in [6.45, 7) is 55.6. The van der Waals surface area contributed by atoms with Crippen molar-refractivity contribution >= 4 is 95.5 Å². The molecule has 2 aliphatic heterocycles. The van der Waals surface area contributed by atoms with Crippen molar-refractivity contribution in [3.63, 3.8) is 0 Å². The second kappa shape index (κ2) is 27.1. The first-order valence-electron chi connectivity index (χ1n) is 41.6. The number of hydrogen-bond acceptors (Lipinski definition) is 4. The molecule has 0 saturated heterocycles. The molecule has 2 aliphatic rings. The third-order valence-corrected chi connectivity index (χ3v) is 25.5. The number of pyridine rings is 2. The van der Waals surface area contributed by atoms with Crippen LogP contribution in [0.25, 0.3) is 111 Å². The first kappa shape index (κ1) is 77.1. The van der Waals surface area contributed by atoms with Gasteiger partial charge in [-0.15, -0.1) is 0 Å². The summed E-state index contributed by atoms with van der Waals surface area (Å²) in [6.07, 6.45) is 0. The minimum Gasteiger partial charge on any atom is -0.310 e. The fraction of sp³-hybridized carbons (Fsp3) is 0.296. The van der Waals surface area contributed by atoms with Gasteiger partial charge < -0.3 is 14.0 Å². The smallest absolute Gasteiger partial charge is 0.249 e. The van der Waals surface area contributed by atoms with E-state index in [1.165, 1.54) is 103 Å². The van der Waals surface area contributed by atoms with Gasteiger partial charge in [-0.05, 0) is 227 Å². The molecular weight excluding hydrogens is 1410 g/mol. The van der Waals surface area contributed by atoms with Crippen LogP contribution in [0.4, 0.5) is 17.1 Å². The molecule has 0 amide bonds. The van der Waals surface area contributed by atoms with Crippen LogP contribution in [0.15, 0.2) is 252 Å². The Morgan fingerprint density at radius 2 is 0.609 bits per heavy atom. The Bertz CT molecular complexity index is 6090. The van der Waals surface area contributed by atoms with Crippen molar-refractivity contribution in [1.29, 1.82) is 0 Å². The van der Waals surface area contributed by atoms with Crippen molar-refractivity contribution in [3.05, 3.63) is 288 Å². The third kappa shape index (κ3) is 13.9. The lowest BCUT2D eigenvalue weighted by Crippen LogP contribution is -2.60. The molecule has 0 spiro atoms. The second-order valence-electron chi connectivity index (χ2n) is 41.3. The van der Waals surface area contributed by atoms with E-state index in [2.05, 4.69) is 423 Å². The van der Waals surface area contributed by atoms with Gasteiger partial charge in [-0.1, -0.05) is 299 Å². The highest BCUT2D eigenvalue weighted by Gasteiger charge is 2.44. The number of para-hydroxylation sites is 1. The maximum atomic E-state index is 5.61. The molecule has 17 rings (SSSR count). The molecule has 0 aliphatic carbocycles. The Labute approximate surface area is 688 Å². The molecule has 0 fully saturated rings. The van der Waals surface area contributed by atoms with Gasteiger partial charge in [0.2, 0.25) is 6.71 Å². The largest absolute Gasteiger partial charge is 0.310 e. The maximum Gasteiger partial charge on any atom is 0.249 e. The van der Waals surface area contributed by atoms with Crippen molar-refractivity contribution in [2.45, 2.75) is 219 Å². The average Bonchev–Trinajstić information content (AvgIpc) is 0.932. The van der Waals surface area contributed by atoms with Gasteiger partial charge in [0.25, 0.3) is 0 Å². The Kier molecular flexibility index (Phi) is 18.2. The van der Waals surface area contributed by atoms with Gasteiger partial charge in [0, 0.05) is 110 Å². The van der Waals surface area contributed by atoms with Crippen LogP contribution in [0, 0.1) is 0 Å². The summed E-state index contributed by atoms with van der Waals surface area (Å²) in [5.74, 6) is 0. The van der Waals surface area contributed by atoms with Crippen molar-refractivity contribution in [3.8, 4) is 67.0 Å². The first-order valence-corrected chi connectivity index (χ1v) is 42.4. The van der Waals surface area contributed by atoms with Crippen LogP contribution in [-0.4, -0.2) is 25.8 Å². The highest BCUT2D eigenvalue weighted by Crippen LogP contribution is 2.54. The molecular formula is C108H112BN5S. The highest BCUT2D eigenvalue weighted by atomic mass is 32.2. The van der Waals surface area contributed by atoms with Crippen molar-refractivity contribution in [2.75, 3.05) is 4.90 Å². The lowest BCUT2D eigenvalue weighted by atomic mass is 9.34. The van der Waals surface area contributed by atoms with Crippen LogP contribution >= 0.6 is 11.8 Å². The van der Waals surface area contributed by atoms with E-state index < -0.39 is 0 Å². The van der Waals surface area contributed by atoms with Crippen LogP contribution < -0.4 is 21.3 Å². The van der Waals surface area contributed by atoms with Crippen LogP contribution in [0.2, 0.25) is 0 Å². The standard InChI is InChI=1S/C108H112BN5S/c1-101(2,3)73-38-46-87-81(59-73)82-60-74(102(4,5)6)39-47-88(82)112(87)77-42-44-85-91(63-77)114(100-79(71-55-95(105(13,14)15)110-96(56-71)106(16,17)18)36-31-37-80(100)72-57-97(107(19,20)21)111-98(58-72)108(22,23)24)92-53-70(69-51-67(65-32-27-25-28-33-65)50-68(52-69)66-34-29-26-30-35-66)54-94-99(92)109(85)86-45-43-78(64-93(86)115-94)113-89-48-40-75(103(7,8)9)61-83(89)84-62-76(104(10,11)12)41-49-90(84)113/h25-64H,1-24H3. The van der Waals surface area contributed by atoms with Crippen LogP contribution in [-0.2, 0) is 43.3 Å². The number of nitrogens with zero attached hydrogens (tertiary/aromatic N) is 5. The minimum absolute atomic E-state index is 0.0367. The lowest BCUT2D eigenvalue weighted by molar-refractivity contribution is 0.531. The predicted octanol–water partition coefficient (Wildman–Crippen LogP) is 28.1. The van der Waals surface area contributed by atoms with E-state index in [0.717, 1.165) is 95.7 Å². The number of hydrogen-bond donors (Lipinski definition) is 0. The minimum atomic E-state index is -0.274. The molecule has 4 aromatic heterocycles. The molecule has 11 aromatic carbocycles. The molecule has 6 heterocycles. The van der Waals surface area contributed by atoms with Gasteiger partial charge in [-0.3, -0.25) is 9.97 Å². The summed E-state index contributed by atoms with van der Waals surface area (Å²) in [5.41, 5.74) is 33.9. The fourth-order valence-corrected chi connectivity index (χ4v) is 18.7. The zero-order chi connectivity index (χ0) is 81.5. The molecule has 7 heteroatoms. The van der Waals surface area contributed by atoms with Crippen molar-refractivity contribution in [1.82, 2.24) is 19.1 Å². The second-order valence-corrected chi connectivity index (χ2v) is 42.4. The maximum absolute atomic E-state index is 5.61. The monoisotopic (exact) mass is 1520 g/mol. The number of fused-ring (bicyclic) bond motifs is 10. The summed E-state index contributed by atoms with van der Waals surface area (Å²) in [5, 5.41) is 5.08. The normalized spacial score (nSPS) is 13.7. The van der Waals surface area contributed by atoms with Crippen molar-refractivity contribution < 1.29 is 0 Å². The molecule has 0 bridgehead atoms. The summed E-state index contributed by atoms with van der Waals surface area (Å²) in [4.78, 5) is 16.5. The van der Waals surface area contributed by atoms with E-state index in [9.17, 15) is 0 Å². The van der Waals surface area contributed by atoms with Crippen LogP contribution in [0.1, 0.15) is 211 Å². The highest BCUT2D eigenvalue weighted by molar-refractivity contribution is 8.00. The third-order valence-electron chi connectivity index (χ3n) is 24.3. The van der Waals surface area contributed by atoms with E-state index in [-0.39, 0.29) is 50.0 Å². The molecule has 115 heavy (non-hydrogen) atoms. The van der Waals surface area contributed by atoms with E-state index in [1.807, 2.05) is 11.8 Å². The molecule has 5 nitrogen and oxygen atoms in total. The number of aromatic nitrogens is 4. The van der Waals surface area contributed by atoms with Crippen LogP contribution in [0.5, 0.6) is 0 Å². The average molecular weight is 1520 g/mol. The summed E-state index contributed by atoms with van der Waals surface area (Å²) < 4.78 is 5.13. The van der Waals surface area contributed by atoms with E-state index in [4.69, 9.17) is 9.97 Å². The molecule has 578 valence electrons. The Balaban J connectivity index is 1.03. The zero-order valence-corrected chi connectivity index (χ0v) is 73.1.